The number of aryl methyl sites for hydroxylation is 1. The van der Waals surface area contributed by atoms with E-state index in [9.17, 15) is 14.4 Å². The highest BCUT2D eigenvalue weighted by Gasteiger charge is 2.21. The van der Waals surface area contributed by atoms with Gasteiger partial charge in [-0.15, -0.1) is 0 Å². The van der Waals surface area contributed by atoms with Crippen LogP contribution in [0.25, 0.3) is 16.6 Å². The van der Waals surface area contributed by atoms with Crippen LogP contribution in [0.5, 0.6) is 0 Å². The lowest BCUT2D eigenvalue weighted by molar-refractivity contribution is 0.101. The number of aromatic amines is 1. The molecule has 0 aliphatic carbocycles. The number of para-hydroxylation sites is 1. The van der Waals surface area contributed by atoms with E-state index in [2.05, 4.69) is 9.97 Å². The second-order valence-electron chi connectivity index (χ2n) is 7.42. The van der Waals surface area contributed by atoms with Gasteiger partial charge in [-0.05, 0) is 56.7 Å². The number of carbonyl (C=O) groups excluding carboxylic acids is 2. The van der Waals surface area contributed by atoms with Crippen molar-refractivity contribution in [3.05, 3.63) is 86.4 Å². The molecule has 0 bridgehead atoms. The summed E-state index contributed by atoms with van der Waals surface area (Å²) in [5, 5.41) is 1.35. The largest absolute Gasteiger partial charge is 0.355 e. The summed E-state index contributed by atoms with van der Waals surface area (Å²) in [6, 6.07) is 14.0. The number of thioether (sulfide) groups is 1. The molecule has 2 heterocycles. The summed E-state index contributed by atoms with van der Waals surface area (Å²) >= 11 is 7.32. The van der Waals surface area contributed by atoms with Crippen molar-refractivity contribution in [1.82, 2.24) is 14.5 Å². The van der Waals surface area contributed by atoms with Crippen molar-refractivity contribution < 1.29 is 9.59 Å². The lowest BCUT2D eigenvalue weighted by Crippen LogP contribution is -2.22. The summed E-state index contributed by atoms with van der Waals surface area (Å²) in [7, 11) is 0. The number of hydrogen-bond donors (Lipinski definition) is 1. The van der Waals surface area contributed by atoms with Gasteiger partial charge in [-0.25, -0.2) is 4.98 Å². The van der Waals surface area contributed by atoms with E-state index in [0.29, 0.717) is 49.3 Å². The van der Waals surface area contributed by atoms with E-state index in [4.69, 9.17) is 11.6 Å². The van der Waals surface area contributed by atoms with Gasteiger partial charge < -0.3 is 4.98 Å². The lowest BCUT2D eigenvalue weighted by Gasteiger charge is -2.13. The third-order valence-corrected chi connectivity index (χ3v) is 6.39. The second kappa shape index (κ2) is 8.76. The Morgan fingerprint density at radius 3 is 2.56 bits per heavy atom. The smallest absolute Gasteiger partial charge is 0.266 e. The first-order valence-corrected chi connectivity index (χ1v) is 11.3. The molecule has 4 rings (SSSR count). The van der Waals surface area contributed by atoms with Gasteiger partial charge in [-0.1, -0.05) is 41.6 Å². The molecular formula is C24H20ClN3O3S. The van der Waals surface area contributed by atoms with E-state index in [1.165, 1.54) is 23.3 Å². The predicted octanol–water partition coefficient (Wildman–Crippen LogP) is 5.16. The maximum atomic E-state index is 13.3. The van der Waals surface area contributed by atoms with Crippen LogP contribution in [0.15, 0.2) is 58.5 Å². The van der Waals surface area contributed by atoms with Gasteiger partial charge in [0.15, 0.2) is 16.7 Å². The zero-order chi connectivity index (χ0) is 23.0. The van der Waals surface area contributed by atoms with E-state index in [1.54, 1.807) is 56.3 Å². The molecule has 0 radical (unpaired) electrons. The van der Waals surface area contributed by atoms with Gasteiger partial charge in [0, 0.05) is 16.3 Å². The molecule has 0 aliphatic heterocycles. The van der Waals surface area contributed by atoms with E-state index in [1.807, 2.05) is 6.07 Å². The minimum Gasteiger partial charge on any atom is -0.355 e. The van der Waals surface area contributed by atoms with Crippen LogP contribution in [0.3, 0.4) is 0 Å². The van der Waals surface area contributed by atoms with Crippen LogP contribution in [0.4, 0.5) is 0 Å². The van der Waals surface area contributed by atoms with Crippen LogP contribution >= 0.6 is 23.4 Å². The number of aromatic nitrogens is 3. The summed E-state index contributed by atoms with van der Waals surface area (Å²) in [6.45, 7) is 5.01. The fourth-order valence-corrected chi connectivity index (χ4v) is 4.88. The van der Waals surface area contributed by atoms with Crippen molar-refractivity contribution in [2.45, 2.75) is 25.9 Å². The molecule has 0 atom stereocenters. The zero-order valence-electron chi connectivity index (χ0n) is 17.7. The van der Waals surface area contributed by atoms with Gasteiger partial charge in [0.2, 0.25) is 0 Å². The van der Waals surface area contributed by atoms with Crippen LogP contribution < -0.4 is 5.56 Å². The summed E-state index contributed by atoms with van der Waals surface area (Å²) in [5.41, 5.74) is 3.13. The standard InChI is InChI=1S/C24H20ClN3O3S/c1-13-21(15(3)29)14(2)26-22(13)20(30)12-32-24-27-19-10-5-4-9-18(19)23(31)28(24)17-8-6-7-16(25)11-17/h4-11,26H,12H2,1-3H3. The van der Waals surface area contributed by atoms with Gasteiger partial charge in [0.1, 0.15) is 0 Å². The quantitative estimate of drug-likeness (QED) is 0.241. The van der Waals surface area contributed by atoms with E-state index in [0.717, 1.165) is 0 Å². The number of fused-ring (bicyclic) bond motifs is 1. The third-order valence-electron chi connectivity index (χ3n) is 5.21. The number of ketones is 2. The highest BCUT2D eigenvalue weighted by atomic mass is 35.5. The van der Waals surface area contributed by atoms with Crippen LogP contribution in [0.2, 0.25) is 5.02 Å². The molecule has 6 nitrogen and oxygen atoms in total. The highest BCUT2D eigenvalue weighted by Crippen LogP contribution is 2.25. The van der Waals surface area contributed by atoms with Gasteiger partial charge in [0.25, 0.3) is 5.56 Å². The average Bonchev–Trinajstić information content (AvgIpc) is 3.06. The van der Waals surface area contributed by atoms with Crippen molar-refractivity contribution >= 4 is 45.8 Å². The van der Waals surface area contributed by atoms with Gasteiger partial charge >= 0.3 is 0 Å². The van der Waals surface area contributed by atoms with Crippen LogP contribution in [0, 0.1) is 13.8 Å². The van der Waals surface area contributed by atoms with Crippen molar-refractivity contribution in [2.24, 2.45) is 0 Å². The zero-order valence-corrected chi connectivity index (χ0v) is 19.3. The molecule has 1 N–H and O–H groups in total. The maximum Gasteiger partial charge on any atom is 0.266 e. The van der Waals surface area contributed by atoms with Gasteiger partial charge in [-0.3, -0.25) is 19.0 Å². The van der Waals surface area contributed by atoms with Crippen LogP contribution in [-0.2, 0) is 0 Å². The minimum absolute atomic E-state index is 0.0451. The molecule has 2 aromatic carbocycles. The molecule has 0 saturated heterocycles. The SMILES string of the molecule is CC(=O)c1c(C)[nH]c(C(=O)CSc2nc3ccccc3c(=O)n2-c2cccc(Cl)c2)c1C. The molecule has 0 unspecified atom stereocenters. The molecular weight excluding hydrogens is 446 g/mol. The summed E-state index contributed by atoms with van der Waals surface area (Å²) in [5.74, 6) is -0.221. The number of nitrogens with one attached hydrogen (secondary N) is 1. The van der Waals surface area contributed by atoms with Gasteiger partial charge in [0.05, 0.1) is 28.0 Å². The summed E-state index contributed by atoms with van der Waals surface area (Å²) in [6.07, 6.45) is 0. The summed E-state index contributed by atoms with van der Waals surface area (Å²) in [4.78, 5) is 45.8. The molecule has 0 saturated carbocycles. The van der Waals surface area contributed by atoms with Crippen molar-refractivity contribution in [3.63, 3.8) is 0 Å². The molecule has 0 amide bonds. The van der Waals surface area contributed by atoms with Crippen molar-refractivity contribution in [1.29, 1.82) is 0 Å². The first-order valence-electron chi connectivity index (χ1n) is 9.91. The molecule has 4 aromatic rings. The fraction of sp³-hybridized carbons (Fsp3) is 0.167. The Bertz CT molecular complexity index is 1440. The third kappa shape index (κ3) is 4.01. The molecule has 162 valence electrons. The summed E-state index contributed by atoms with van der Waals surface area (Å²) < 4.78 is 1.47. The number of Topliss-reactive ketones (excluding diaryl/α,β-unsaturated/α-hetero) is 2. The number of H-pyrrole nitrogens is 1. The van der Waals surface area contributed by atoms with Crippen LogP contribution in [-0.4, -0.2) is 31.9 Å². The Morgan fingerprint density at radius 1 is 1.12 bits per heavy atom. The van der Waals surface area contributed by atoms with Gasteiger partial charge in [-0.2, -0.15) is 0 Å². The number of hydrogen-bond acceptors (Lipinski definition) is 5. The molecule has 0 spiro atoms. The van der Waals surface area contributed by atoms with Crippen molar-refractivity contribution in [3.8, 4) is 5.69 Å². The Balaban J connectivity index is 1.76. The van der Waals surface area contributed by atoms with Crippen molar-refractivity contribution in [2.75, 3.05) is 5.75 Å². The second-order valence-corrected chi connectivity index (χ2v) is 8.80. The molecule has 0 fully saturated rings. The first kappa shape index (κ1) is 22.0. The lowest BCUT2D eigenvalue weighted by atomic mass is 10.1. The molecule has 0 aliphatic rings. The number of nitrogens with zero attached hydrogens (tertiary/aromatic N) is 2. The van der Waals surface area contributed by atoms with E-state index in [-0.39, 0.29) is 22.9 Å². The average molecular weight is 466 g/mol. The Morgan fingerprint density at radius 2 is 1.88 bits per heavy atom. The molecule has 2 aromatic heterocycles. The number of halogens is 1. The number of rotatable bonds is 6. The highest BCUT2D eigenvalue weighted by molar-refractivity contribution is 7.99. The minimum atomic E-state index is -0.237. The number of benzene rings is 2. The maximum absolute atomic E-state index is 13.3. The molecule has 8 heteroatoms. The normalized spacial score (nSPS) is 11.1. The number of carbonyl (C=O) groups is 2. The Hall–Kier alpha value is -3.16. The topological polar surface area (TPSA) is 84.8 Å². The fourth-order valence-electron chi connectivity index (χ4n) is 3.81. The Labute approximate surface area is 193 Å². The Kier molecular flexibility index (Phi) is 6.04. The van der Waals surface area contributed by atoms with E-state index >= 15 is 0 Å². The predicted molar refractivity (Wildman–Crippen MR) is 128 cm³/mol. The first-order chi connectivity index (χ1) is 15.3. The van der Waals surface area contributed by atoms with E-state index < -0.39 is 0 Å². The monoisotopic (exact) mass is 465 g/mol. The van der Waals surface area contributed by atoms with Crippen LogP contribution in [0.1, 0.15) is 39.0 Å². The molecule has 32 heavy (non-hydrogen) atoms.